The van der Waals surface area contributed by atoms with Crippen molar-refractivity contribution >= 4 is 51.5 Å². The molecule has 4 nitrogen and oxygen atoms in total. The van der Waals surface area contributed by atoms with Crippen LogP contribution in [-0.2, 0) is 17.9 Å². The number of amides is 1. The van der Waals surface area contributed by atoms with Gasteiger partial charge in [0.2, 0.25) is 0 Å². The zero-order valence-electron chi connectivity index (χ0n) is 18.2. The topological polar surface area (TPSA) is 45.8 Å². The number of carbonyl (C=O) groups excluding carboxylic acids is 1. The Labute approximate surface area is 216 Å². The second kappa shape index (κ2) is 10.4. The smallest absolute Gasteiger partial charge is 0.267 e. The molecule has 34 heavy (non-hydrogen) atoms. The van der Waals surface area contributed by atoms with Gasteiger partial charge in [0.1, 0.15) is 11.5 Å². The SMILES string of the molecule is O=C1/C(=C/c2ccc(-c3ccc(I)cc3)o2)SC(=NCc2ccccc2)N1Cc1ccccc1. The van der Waals surface area contributed by atoms with E-state index in [9.17, 15) is 4.79 Å². The largest absolute Gasteiger partial charge is 0.457 e. The molecule has 4 aromatic rings. The molecule has 3 aromatic carbocycles. The van der Waals surface area contributed by atoms with Crippen LogP contribution in [0.5, 0.6) is 0 Å². The third kappa shape index (κ3) is 5.34. The zero-order valence-corrected chi connectivity index (χ0v) is 21.2. The molecule has 6 heteroatoms. The Morgan fingerprint density at radius 3 is 2.24 bits per heavy atom. The number of thioether (sulfide) groups is 1. The summed E-state index contributed by atoms with van der Waals surface area (Å²) in [5, 5.41) is 0.702. The van der Waals surface area contributed by atoms with Crippen molar-refractivity contribution in [3.05, 3.63) is 122 Å². The molecule has 5 rings (SSSR count). The number of furan rings is 1. The highest BCUT2D eigenvalue weighted by Gasteiger charge is 2.33. The van der Waals surface area contributed by atoms with Crippen LogP contribution in [0.3, 0.4) is 0 Å². The number of hydrogen-bond acceptors (Lipinski definition) is 4. The number of hydrogen-bond donors (Lipinski definition) is 0. The molecule has 0 aliphatic carbocycles. The van der Waals surface area contributed by atoms with Crippen LogP contribution in [0.4, 0.5) is 0 Å². The maximum Gasteiger partial charge on any atom is 0.267 e. The fourth-order valence-corrected chi connectivity index (χ4v) is 4.92. The van der Waals surface area contributed by atoms with E-state index in [-0.39, 0.29) is 5.91 Å². The average Bonchev–Trinajstić information content (AvgIpc) is 3.45. The number of carbonyl (C=O) groups is 1. The molecular formula is C28H21IN2O2S. The first-order chi connectivity index (χ1) is 16.7. The van der Waals surface area contributed by atoms with Crippen molar-refractivity contribution in [2.24, 2.45) is 4.99 Å². The van der Waals surface area contributed by atoms with Crippen LogP contribution in [0.1, 0.15) is 16.9 Å². The molecule has 0 bridgehead atoms. The molecule has 2 heterocycles. The molecule has 0 unspecified atom stereocenters. The van der Waals surface area contributed by atoms with E-state index in [1.807, 2.05) is 103 Å². The molecule has 1 aliphatic heterocycles. The minimum absolute atomic E-state index is 0.0621. The van der Waals surface area contributed by atoms with Gasteiger partial charge in [0.25, 0.3) is 5.91 Å². The van der Waals surface area contributed by atoms with E-state index in [2.05, 4.69) is 22.6 Å². The number of benzene rings is 3. The first-order valence-electron chi connectivity index (χ1n) is 10.9. The highest BCUT2D eigenvalue weighted by atomic mass is 127. The fourth-order valence-electron chi connectivity index (χ4n) is 3.60. The number of halogens is 1. The second-order valence-electron chi connectivity index (χ2n) is 7.78. The minimum atomic E-state index is -0.0621. The van der Waals surface area contributed by atoms with Gasteiger partial charge in [-0.3, -0.25) is 14.7 Å². The van der Waals surface area contributed by atoms with Crippen LogP contribution in [0.25, 0.3) is 17.4 Å². The average molecular weight is 576 g/mol. The summed E-state index contributed by atoms with van der Waals surface area (Å²) in [5.41, 5.74) is 3.17. The predicted octanol–water partition coefficient (Wildman–Crippen LogP) is 7.22. The lowest BCUT2D eigenvalue weighted by Crippen LogP contribution is -2.28. The van der Waals surface area contributed by atoms with Crippen molar-refractivity contribution in [3.8, 4) is 11.3 Å². The first kappa shape index (κ1) is 22.7. The highest BCUT2D eigenvalue weighted by Crippen LogP contribution is 2.35. The van der Waals surface area contributed by atoms with Gasteiger partial charge in [-0.15, -0.1) is 0 Å². The van der Waals surface area contributed by atoms with Crippen LogP contribution >= 0.6 is 34.4 Å². The monoisotopic (exact) mass is 576 g/mol. The standard InChI is InChI=1S/C28H21IN2O2S/c29-23-13-11-22(12-14-23)25-16-15-24(33-25)17-26-27(32)31(19-21-9-5-2-6-10-21)28(34-26)30-18-20-7-3-1-4-8-20/h1-17H,18-19H2/b26-17-,30-28?. The highest BCUT2D eigenvalue weighted by molar-refractivity contribution is 14.1. The lowest BCUT2D eigenvalue weighted by molar-refractivity contribution is -0.122. The third-order valence-electron chi connectivity index (χ3n) is 5.34. The van der Waals surface area contributed by atoms with Gasteiger partial charge in [-0.2, -0.15) is 0 Å². The van der Waals surface area contributed by atoms with Gasteiger partial charge in [0.15, 0.2) is 5.17 Å². The lowest BCUT2D eigenvalue weighted by atomic mass is 10.2. The molecule has 1 fully saturated rings. The molecule has 0 N–H and O–H groups in total. The fraction of sp³-hybridized carbons (Fsp3) is 0.0714. The van der Waals surface area contributed by atoms with Gasteiger partial charge in [0.05, 0.1) is 18.0 Å². The molecule has 168 valence electrons. The van der Waals surface area contributed by atoms with Gasteiger partial charge in [-0.05, 0) is 69.7 Å². The number of rotatable bonds is 6. The van der Waals surface area contributed by atoms with E-state index in [1.54, 1.807) is 4.90 Å². The van der Waals surface area contributed by atoms with Gasteiger partial charge in [-0.1, -0.05) is 72.8 Å². The Hall–Kier alpha value is -3.10. The van der Waals surface area contributed by atoms with E-state index >= 15 is 0 Å². The van der Waals surface area contributed by atoms with Crippen molar-refractivity contribution in [2.75, 3.05) is 0 Å². The molecule has 1 amide bonds. The Kier molecular flexibility index (Phi) is 6.97. The molecule has 1 saturated heterocycles. The van der Waals surface area contributed by atoms with Crippen molar-refractivity contribution in [2.45, 2.75) is 13.1 Å². The van der Waals surface area contributed by atoms with E-state index in [0.29, 0.717) is 28.9 Å². The number of amidine groups is 1. The summed E-state index contributed by atoms with van der Waals surface area (Å²) in [5.74, 6) is 1.36. The van der Waals surface area contributed by atoms with Crippen LogP contribution in [0.2, 0.25) is 0 Å². The van der Waals surface area contributed by atoms with E-state index in [0.717, 1.165) is 22.5 Å². The van der Waals surface area contributed by atoms with Crippen LogP contribution < -0.4 is 0 Å². The summed E-state index contributed by atoms with van der Waals surface area (Å²) in [7, 11) is 0. The summed E-state index contributed by atoms with van der Waals surface area (Å²) in [4.78, 5) is 20.5. The van der Waals surface area contributed by atoms with Crippen LogP contribution in [0.15, 0.2) is 111 Å². The molecule has 0 atom stereocenters. The molecule has 0 radical (unpaired) electrons. The maximum atomic E-state index is 13.4. The Morgan fingerprint density at radius 1 is 0.853 bits per heavy atom. The Morgan fingerprint density at radius 2 is 1.53 bits per heavy atom. The number of aliphatic imine (C=N–C) groups is 1. The summed E-state index contributed by atoms with van der Waals surface area (Å²) in [6.45, 7) is 0.996. The lowest BCUT2D eigenvalue weighted by Gasteiger charge is -2.15. The van der Waals surface area contributed by atoms with E-state index in [4.69, 9.17) is 9.41 Å². The van der Waals surface area contributed by atoms with Gasteiger partial charge in [-0.25, -0.2) is 0 Å². The van der Waals surface area contributed by atoms with Crippen LogP contribution in [-0.4, -0.2) is 16.0 Å². The van der Waals surface area contributed by atoms with E-state index < -0.39 is 0 Å². The van der Waals surface area contributed by atoms with Crippen molar-refractivity contribution < 1.29 is 9.21 Å². The molecule has 1 aliphatic rings. The molecule has 0 saturated carbocycles. The Balaban J connectivity index is 1.42. The summed E-state index contributed by atoms with van der Waals surface area (Å²) < 4.78 is 7.21. The first-order valence-corrected chi connectivity index (χ1v) is 12.7. The quantitative estimate of drug-likeness (QED) is 0.180. The molecule has 0 spiro atoms. The van der Waals surface area contributed by atoms with Gasteiger partial charge < -0.3 is 4.42 Å². The predicted molar refractivity (Wildman–Crippen MR) is 147 cm³/mol. The van der Waals surface area contributed by atoms with Crippen LogP contribution in [0, 0.1) is 3.57 Å². The maximum absolute atomic E-state index is 13.4. The molecular weight excluding hydrogens is 555 g/mol. The van der Waals surface area contributed by atoms with Crippen molar-refractivity contribution in [1.29, 1.82) is 0 Å². The van der Waals surface area contributed by atoms with Crippen molar-refractivity contribution in [3.63, 3.8) is 0 Å². The van der Waals surface area contributed by atoms with E-state index in [1.165, 1.54) is 15.3 Å². The zero-order chi connectivity index (χ0) is 23.3. The molecule has 1 aromatic heterocycles. The summed E-state index contributed by atoms with van der Waals surface area (Å²) >= 11 is 3.68. The summed E-state index contributed by atoms with van der Waals surface area (Å²) in [6, 6.07) is 32.0. The van der Waals surface area contributed by atoms with Gasteiger partial charge in [0, 0.05) is 15.2 Å². The van der Waals surface area contributed by atoms with Gasteiger partial charge >= 0.3 is 0 Å². The third-order valence-corrected chi connectivity index (χ3v) is 7.10. The summed E-state index contributed by atoms with van der Waals surface area (Å²) in [6.07, 6.45) is 1.81. The normalized spacial score (nSPS) is 16.0. The second-order valence-corrected chi connectivity index (χ2v) is 10.0. The van der Waals surface area contributed by atoms with Crippen molar-refractivity contribution in [1.82, 2.24) is 4.90 Å². The minimum Gasteiger partial charge on any atom is -0.457 e. The Bertz CT molecular complexity index is 1350. The number of nitrogens with zero attached hydrogens (tertiary/aromatic N) is 2.